The number of likely N-dealkylation sites (tertiary alicyclic amines) is 1. The van der Waals surface area contributed by atoms with Crippen molar-refractivity contribution in [1.29, 1.82) is 0 Å². The molecule has 2 fully saturated rings. The maximum atomic E-state index is 13.0. The second kappa shape index (κ2) is 6.30. The van der Waals surface area contributed by atoms with Crippen molar-refractivity contribution < 1.29 is 4.79 Å². The molecule has 6 heteroatoms. The molecule has 1 aliphatic carbocycles. The van der Waals surface area contributed by atoms with E-state index in [-0.39, 0.29) is 17.0 Å². The van der Waals surface area contributed by atoms with E-state index in [1.54, 1.807) is 16.3 Å². The zero-order chi connectivity index (χ0) is 15.8. The van der Waals surface area contributed by atoms with E-state index in [0.717, 1.165) is 30.3 Å². The van der Waals surface area contributed by atoms with Crippen molar-refractivity contribution >= 4 is 17.7 Å². The molecule has 0 bridgehead atoms. The quantitative estimate of drug-likeness (QED) is 0.781. The van der Waals surface area contributed by atoms with Crippen molar-refractivity contribution in [2.75, 3.05) is 12.3 Å². The topological polar surface area (TPSA) is 55.2 Å². The first-order chi connectivity index (χ1) is 11.3. The molecule has 23 heavy (non-hydrogen) atoms. The molecule has 1 saturated heterocycles. The molecule has 1 atom stereocenters. The Balaban J connectivity index is 1.60. The van der Waals surface area contributed by atoms with Crippen molar-refractivity contribution in [2.24, 2.45) is 5.92 Å². The fraction of sp³-hybridized carbons (Fsp3) is 0.706. The van der Waals surface area contributed by atoms with Gasteiger partial charge in [-0.2, -0.15) is 0 Å². The van der Waals surface area contributed by atoms with E-state index in [1.165, 1.54) is 38.3 Å². The van der Waals surface area contributed by atoms with Crippen LogP contribution in [0, 0.1) is 5.92 Å². The Bertz CT molecular complexity index is 666. The fourth-order valence-electron chi connectivity index (χ4n) is 4.37. The Morgan fingerprint density at radius 1 is 1.13 bits per heavy atom. The van der Waals surface area contributed by atoms with Gasteiger partial charge in [-0.1, -0.05) is 31.0 Å². The van der Waals surface area contributed by atoms with Crippen molar-refractivity contribution in [3.05, 3.63) is 22.1 Å². The fourth-order valence-corrected chi connectivity index (χ4v) is 5.29. The average molecular weight is 333 g/mol. The summed E-state index contributed by atoms with van der Waals surface area (Å²) in [6.07, 6.45) is 10.00. The number of fused-ring (bicyclic) bond motifs is 1. The third kappa shape index (κ3) is 2.71. The van der Waals surface area contributed by atoms with Crippen molar-refractivity contribution in [1.82, 2.24) is 14.5 Å². The minimum Gasteiger partial charge on any atom is -0.335 e. The molecule has 3 heterocycles. The van der Waals surface area contributed by atoms with Gasteiger partial charge in [0.1, 0.15) is 5.56 Å². The Morgan fingerprint density at radius 3 is 2.78 bits per heavy atom. The molecule has 1 aromatic rings. The molecular formula is C17H23N3O2S. The van der Waals surface area contributed by atoms with E-state index < -0.39 is 0 Å². The largest absolute Gasteiger partial charge is 0.335 e. The summed E-state index contributed by atoms with van der Waals surface area (Å²) >= 11 is 1.58. The number of thioether (sulfide) groups is 1. The summed E-state index contributed by atoms with van der Waals surface area (Å²) in [5.74, 6) is 1.40. The van der Waals surface area contributed by atoms with E-state index in [2.05, 4.69) is 4.98 Å². The van der Waals surface area contributed by atoms with Gasteiger partial charge in [0.15, 0.2) is 5.16 Å². The van der Waals surface area contributed by atoms with Gasteiger partial charge in [-0.25, -0.2) is 4.98 Å². The minimum atomic E-state index is -0.153. The van der Waals surface area contributed by atoms with Gasteiger partial charge in [0.25, 0.3) is 11.5 Å². The number of carbonyl (C=O) groups is 1. The number of amides is 1. The van der Waals surface area contributed by atoms with Crippen LogP contribution in [0.4, 0.5) is 0 Å². The summed E-state index contributed by atoms with van der Waals surface area (Å²) < 4.78 is 1.66. The molecule has 1 amide bonds. The lowest BCUT2D eigenvalue weighted by atomic mass is 9.83. The van der Waals surface area contributed by atoms with Gasteiger partial charge in [-0.15, -0.1) is 0 Å². The van der Waals surface area contributed by atoms with Crippen LogP contribution in [0.3, 0.4) is 0 Å². The van der Waals surface area contributed by atoms with E-state index in [4.69, 9.17) is 0 Å². The summed E-state index contributed by atoms with van der Waals surface area (Å²) in [6.45, 7) is 1.45. The minimum absolute atomic E-state index is 0.0947. The molecule has 0 aromatic carbocycles. The van der Waals surface area contributed by atoms with Crippen LogP contribution in [0.1, 0.15) is 55.3 Å². The number of hydrogen-bond donors (Lipinski definition) is 0. The molecule has 124 valence electrons. The SMILES string of the molecule is O=C(c1cnc2n(c1=O)CCS2)N1CCC[C@@H]1C1CCCCC1. The van der Waals surface area contributed by atoms with E-state index in [0.29, 0.717) is 18.5 Å². The third-order valence-corrected chi connectivity index (χ3v) is 6.51. The van der Waals surface area contributed by atoms with Gasteiger partial charge in [-0.3, -0.25) is 14.2 Å². The third-order valence-electron chi connectivity index (χ3n) is 5.54. The van der Waals surface area contributed by atoms with Crippen LogP contribution < -0.4 is 5.56 Å². The zero-order valence-corrected chi connectivity index (χ0v) is 14.2. The van der Waals surface area contributed by atoms with Gasteiger partial charge in [0, 0.05) is 31.1 Å². The molecule has 0 spiro atoms. The smallest absolute Gasteiger partial charge is 0.267 e. The van der Waals surface area contributed by atoms with Crippen molar-refractivity contribution in [2.45, 2.75) is 62.7 Å². The molecule has 3 aliphatic rings. The predicted octanol–water partition coefficient (Wildman–Crippen LogP) is 2.53. The lowest BCUT2D eigenvalue weighted by molar-refractivity contribution is 0.0658. The lowest BCUT2D eigenvalue weighted by Gasteiger charge is -2.34. The number of carbonyl (C=O) groups excluding carboxylic acids is 1. The predicted molar refractivity (Wildman–Crippen MR) is 89.9 cm³/mol. The van der Waals surface area contributed by atoms with Gasteiger partial charge in [0.05, 0.1) is 0 Å². The number of rotatable bonds is 2. The maximum absolute atomic E-state index is 13.0. The number of nitrogens with zero attached hydrogens (tertiary/aromatic N) is 3. The van der Waals surface area contributed by atoms with Gasteiger partial charge in [0.2, 0.25) is 0 Å². The molecule has 0 radical (unpaired) electrons. The first-order valence-electron chi connectivity index (χ1n) is 8.79. The Hall–Kier alpha value is -1.30. The molecule has 0 N–H and O–H groups in total. The summed E-state index contributed by atoms with van der Waals surface area (Å²) in [4.78, 5) is 31.9. The monoisotopic (exact) mass is 333 g/mol. The van der Waals surface area contributed by atoms with Gasteiger partial charge >= 0.3 is 0 Å². The van der Waals surface area contributed by atoms with E-state index >= 15 is 0 Å². The lowest BCUT2D eigenvalue weighted by Crippen LogP contribution is -2.43. The van der Waals surface area contributed by atoms with Crippen molar-refractivity contribution in [3.63, 3.8) is 0 Å². The van der Waals surface area contributed by atoms with Crippen LogP contribution in [0.15, 0.2) is 16.1 Å². The van der Waals surface area contributed by atoms with Crippen LogP contribution in [0.25, 0.3) is 0 Å². The number of hydrogen-bond acceptors (Lipinski definition) is 4. The molecule has 1 saturated carbocycles. The highest BCUT2D eigenvalue weighted by atomic mass is 32.2. The van der Waals surface area contributed by atoms with E-state index in [1.807, 2.05) is 4.90 Å². The van der Waals surface area contributed by atoms with Crippen LogP contribution in [0.2, 0.25) is 0 Å². The second-order valence-electron chi connectivity index (χ2n) is 6.87. The molecular weight excluding hydrogens is 310 g/mol. The standard InChI is InChI=1S/C17H23N3O2S/c21-15(13-11-18-17-20(16(13)22)9-10-23-17)19-8-4-7-14(19)12-5-2-1-3-6-12/h11-12,14H,1-10H2/t14-/m1/s1. The van der Waals surface area contributed by atoms with Crippen LogP contribution in [0.5, 0.6) is 0 Å². The molecule has 1 aromatic heterocycles. The first kappa shape index (κ1) is 15.2. The van der Waals surface area contributed by atoms with E-state index in [9.17, 15) is 9.59 Å². The van der Waals surface area contributed by atoms with Crippen LogP contribution in [-0.2, 0) is 6.54 Å². The second-order valence-corrected chi connectivity index (χ2v) is 7.93. The van der Waals surface area contributed by atoms with Crippen LogP contribution in [-0.4, -0.2) is 38.7 Å². The maximum Gasteiger partial charge on any atom is 0.267 e. The summed E-state index contributed by atoms with van der Waals surface area (Å²) in [6, 6.07) is 0.329. The molecule has 5 nitrogen and oxygen atoms in total. The zero-order valence-electron chi connectivity index (χ0n) is 13.4. The van der Waals surface area contributed by atoms with Crippen molar-refractivity contribution in [3.8, 4) is 0 Å². The molecule has 4 rings (SSSR count). The summed E-state index contributed by atoms with van der Waals surface area (Å²) in [5, 5.41) is 0.747. The van der Waals surface area contributed by atoms with Gasteiger partial charge in [-0.05, 0) is 31.6 Å². The highest BCUT2D eigenvalue weighted by molar-refractivity contribution is 7.99. The molecule has 2 aliphatic heterocycles. The normalized spacial score (nSPS) is 24.9. The number of aromatic nitrogens is 2. The highest BCUT2D eigenvalue weighted by Crippen LogP contribution is 2.34. The molecule has 0 unspecified atom stereocenters. The Labute approximate surface area is 140 Å². The Morgan fingerprint density at radius 2 is 1.96 bits per heavy atom. The first-order valence-corrected chi connectivity index (χ1v) is 9.78. The van der Waals surface area contributed by atoms with Gasteiger partial charge < -0.3 is 4.90 Å². The summed E-state index contributed by atoms with van der Waals surface area (Å²) in [7, 11) is 0. The summed E-state index contributed by atoms with van der Waals surface area (Å²) in [5.41, 5.74) is 0.109. The average Bonchev–Trinajstić information content (AvgIpc) is 3.25. The highest BCUT2D eigenvalue weighted by Gasteiger charge is 2.36. The Kier molecular flexibility index (Phi) is 4.18. The van der Waals surface area contributed by atoms with Crippen LogP contribution >= 0.6 is 11.8 Å².